The van der Waals surface area contributed by atoms with E-state index in [0.29, 0.717) is 6.42 Å². The van der Waals surface area contributed by atoms with Gasteiger partial charge in [0.05, 0.1) is 19.1 Å². The average molecular weight is 403 g/mol. The summed E-state index contributed by atoms with van der Waals surface area (Å²) >= 11 is 0. The van der Waals surface area contributed by atoms with E-state index in [0.717, 1.165) is 0 Å². The minimum absolute atomic E-state index is 0.148. The molecule has 0 heterocycles. The highest BCUT2D eigenvalue weighted by Gasteiger charge is 2.29. The topological polar surface area (TPSA) is 214 Å². The van der Waals surface area contributed by atoms with Crippen molar-refractivity contribution in [1.29, 1.82) is 0 Å². The second-order valence-corrected chi connectivity index (χ2v) is 6.46. The van der Waals surface area contributed by atoms with Crippen molar-refractivity contribution < 1.29 is 34.2 Å². The van der Waals surface area contributed by atoms with E-state index in [-0.39, 0.29) is 5.92 Å². The molecule has 0 saturated carbocycles. The average Bonchev–Trinajstić information content (AvgIpc) is 2.62. The summed E-state index contributed by atoms with van der Waals surface area (Å²) in [7, 11) is 0. The van der Waals surface area contributed by atoms with Crippen molar-refractivity contribution in [2.45, 2.75) is 57.8 Å². The van der Waals surface area contributed by atoms with E-state index in [1.165, 1.54) is 6.92 Å². The number of primary amides is 1. The van der Waals surface area contributed by atoms with Crippen molar-refractivity contribution >= 4 is 29.6 Å². The summed E-state index contributed by atoms with van der Waals surface area (Å²) in [6, 6.07) is -4.99. The maximum Gasteiger partial charge on any atom is 0.326 e. The molecule has 0 aliphatic heterocycles. The molecule has 0 aliphatic carbocycles. The van der Waals surface area contributed by atoms with Crippen LogP contribution >= 0.6 is 0 Å². The third-order valence-corrected chi connectivity index (χ3v) is 4.15. The van der Waals surface area contributed by atoms with Gasteiger partial charge in [-0.25, -0.2) is 4.79 Å². The Kier molecular flexibility index (Phi) is 10.7. The molecule has 0 saturated heterocycles. The molecular formula is C16H29N5O7. The van der Waals surface area contributed by atoms with Crippen LogP contribution in [0.1, 0.15) is 33.6 Å². The third-order valence-electron chi connectivity index (χ3n) is 4.15. The number of amides is 4. The Balaban J connectivity index is 4.86. The number of hydrogen-bond donors (Lipinski definition) is 7. The lowest BCUT2D eigenvalue weighted by Crippen LogP contribution is -2.58. The van der Waals surface area contributed by atoms with Crippen molar-refractivity contribution in [1.82, 2.24) is 16.0 Å². The van der Waals surface area contributed by atoms with E-state index in [4.69, 9.17) is 16.6 Å². The van der Waals surface area contributed by atoms with Crippen LogP contribution in [0.2, 0.25) is 0 Å². The summed E-state index contributed by atoms with van der Waals surface area (Å²) in [6.07, 6.45) is 0.0163. The van der Waals surface area contributed by atoms with Crippen molar-refractivity contribution in [3.8, 4) is 0 Å². The van der Waals surface area contributed by atoms with Crippen LogP contribution in [0.15, 0.2) is 0 Å². The first-order chi connectivity index (χ1) is 12.9. The normalized spacial score (nSPS) is 16.0. The third kappa shape index (κ3) is 8.31. The van der Waals surface area contributed by atoms with Gasteiger partial charge in [-0.1, -0.05) is 20.3 Å². The Labute approximate surface area is 162 Å². The van der Waals surface area contributed by atoms with Gasteiger partial charge in [-0.15, -0.1) is 0 Å². The summed E-state index contributed by atoms with van der Waals surface area (Å²) in [5.41, 5.74) is 10.7. The zero-order chi connectivity index (χ0) is 22.0. The molecule has 9 N–H and O–H groups in total. The molecule has 5 atom stereocenters. The van der Waals surface area contributed by atoms with Crippen molar-refractivity contribution in [2.75, 3.05) is 6.61 Å². The SMILES string of the molecule is CCC(C)C(N)C(=O)NC(CO)C(=O)NC(C)C(=O)NC(CC(N)=O)C(=O)O. The van der Waals surface area contributed by atoms with Crippen LogP contribution in [0.5, 0.6) is 0 Å². The summed E-state index contributed by atoms with van der Waals surface area (Å²) in [4.78, 5) is 58.2. The van der Waals surface area contributed by atoms with Crippen molar-refractivity contribution in [3.63, 3.8) is 0 Å². The van der Waals surface area contributed by atoms with Crippen LogP contribution in [0, 0.1) is 5.92 Å². The van der Waals surface area contributed by atoms with Crippen LogP contribution < -0.4 is 27.4 Å². The fraction of sp³-hybridized carbons (Fsp3) is 0.688. The fourth-order valence-electron chi connectivity index (χ4n) is 2.05. The number of rotatable bonds is 12. The summed E-state index contributed by atoms with van der Waals surface area (Å²) in [5.74, 6) is -4.92. The van der Waals surface area contributed by atoms with Crippen LogP contribution in [0.3, 0.4) is 0 Å². The summed E-state index contributed by atoms with van der Waals surface area (Å²) in [5, 5.41) is 24.9. The number of aliphatic carboxylic acids is 1. The maximum absolute atomic E-state index is 12.2. The lowest BCUT2D eigenvalue weighted by molar-refractivity contribution is -0.143. The summed E-state index contributed by atoms with van der Waals surface area (Å²) in [6.45, 7) is 4.13. The molecule has 0 aromatic rings. The molecule has 160 valence electrons. The van der Waals surface area contributed by atoms with Crippen molar-refractivity contribution in [3.05, 3.63) is 0 Å². The van der Waals surface area contributed by atoms with Gasteiger partial charge in [0.1, 0.15) is 18.1 Å². The molecule has 5 unspecified atom stereocenters. The second kappa shape index (κ2) is 11.9. The highest BCUT2D eigenvalue weighted by atomic mass is 16.4. The Morgan fingerprint density at radius 2 is 1.46 bits per heavy atom. The highest BCUT2D eigenvalue weighted by Crippen LogP contribution is 2.05. The number of hydrogen-bond acceptors (Lipinski definition) is 7. The van der Waals surface area contributed by atoms with Gasteiger partial charge in [0.25, 0.3) is 0 Å². The van der Waals surface area contributed by atoms with Gasteiger partial charge >= 0.3 is 5.97 Å². The fourth-order valence-corrected chi connectivity index (χ4v) is 2.05. The molecule has 0 aliphatic rings. The first-order valence-electron chi connectivity index (χ1n) is 8.73. The van der Waals surface area contributed by atoms with Gasteiger partial charge in [-0.05, 0) is 12.8 Å². The molecule has 28 heavy (non-hydrogen) atoms. The molecule has 0 radical (unpaired) electrons. The van der Waals surface area contributed by atoms with Crippen LogP contribution in [-0.2, 0) is 24.0 Å². The molecular weight excluding hydrogens is 374 g/mol. The maximum atomic E-state index is 12.2. The lowest BCUT2D eigenvalue weighted by atomic mass is 9.99. The zero-order valence-electron chi connectivity index (χ0n) is 16.1. The predicted octanol–water partition coefficient (Wildman–Crippen LogP) is -3.21. The van der Waals surface area contributed by atoms with Gasteiger partial charge in [0.2, 0.25) is 23.6 Å². The Morgan fingerprint density at radius 1 is 0.929 bits per heavy atom. The quantitative estimate of drug-likeness (QED) is 0.175. The number of carbonyl (C=O) groups is 5. The molecule has 0 aromatic heterocycles. The van der Waals surface area contributed by atoms with Crippen LogP contribution in [0.4, 0.5) is 0 Å². The van der Waals surface area contributed by atoms with Crippen molar-refractivity contribution in [2.24, 2.45) is 17.4 Å². The number of aliphatic hydroxyl groups excluding tert-OH is 1. The van der Waals surface area contributed by atoms with E-state index in [1.807, 2.05) is 6.92 Å². The van der Waals surface area contributed by atoms with Gasteiger partial charge in [-0.3, -0.25) is 19.2 Å². The molecule has 12 heteroatoms. The molecule has 4 amide bonds. The Hall–Kier alpha value is -2.73. The monoisotopic (exact) mass is 403 g/mol. The van der Waals surface area contributed by atoms with Crippen LogP contribution in [-0.4, -0.2) is 70.6 Å². The number of nitrogens with one attached hydrogen (secondary N) is 3. The number of carboxylic acids is 1. The first-order valence-corrected chi connectivity index (χ1v) is 8.73. The second-order valence-electron chi connectivity index (χ2n) is 6.46. The van der Waals surface area contributed by atoms with E-state index < -0.39 is 66.8 Å². The molecule has 12 nitrogen and oxygen atoms in total. The van der Waals surface area contributed by atoms with Crippen LogP contribution in [0.25, 0.3) is 0 Å². The number of aliphatic hydroxyl groups is 1. The highest BCUT2D eigenvalue weighted by molar-refractivity contribution is 5.94. The number of carbonyl (C=O) groups excluding carboxylic acids is 4. The minimum atomic E-state index is -1.55. The number of nitrogens with two attached hydrogens (primary N) is 2. The molecule has 0 aromatic carbocycles. The van der Waals surface area contributed by atoms with Gasteiger partial charge < -0.3 is 37.6 Å². The smallest absolute Gasteiger partial charge is 0.326 e. The molecule has 0 fully saturated rings. The predicted molar refractivity (Wildman–Crippen MR) is 97.4 cm³/mol. The van der Waals surface area contributed by atoms with E-state index in [9.17, 15) is 29.1 Å². The molecule has 0 bridgehead atoms. The van der Waals surface area contributed by atoms with E-state index >= 15 is 0 Å². The Morgan fingerprint density at radius 3 is 1.89 bits per heavy atom. The molecule has 0 rings (SSSR count). The van der Waals surface area contributed by atoms with Gasteiger partial charge in [-0.2, -0.15) is 0 Å². The summed E-state index contributed by atoms with van der Waals surface area (Å²) < 4.78 is 0. The largest absolute Gasteiger partial charge is 0.480 e. The van der Waals surface area contributed by atoms with E-state index in [2.05, 4.69) is 16.0 Å². The van der Waals surface area contributed by atoms with E-state index in [1.54, 1.807) is 6.92 Å². The lowest BCUT2D eigenvalue weighted by Gasteiger charge is -2.23. The first kappa shape index (κ1) is 25.3. The van der Waals surface area contributed by atoms with Gasteiger partial charge in [0.15, 0.2) is 0 Å². The standard InChI is InChI=1S/C16H29N5O7/c1-4-7(2)12(18)15(26)21-10(6-22)14(25)19-8(3)13(24)20-9(16(27)28)5-11(17)23/h7-10,12,22H,4-6,18H2,1-3H3,(H2,17,23)(H,19,25)(H,20,24)(H,21,26)(H,27,28). The van der Waals surface area contributed by atoms with Gasteiger partial charge in [0, 0.05) is 0 Å². The number of carboxylic acid groups (broad SMARTS) is 1. The Bertz CT molecular complexity index is 598. The molecule has 0 spiro atoms. The zero-order valence-corrected chi connectivity index (χ0v) is 16.1. The minimum Gasteiger partial charge on any atom is -0.480 e.